The summed E-state index contributed by atoms with van der Waals surface area (Å²) in [6.07, 6.45) is 2.26. The van der Waals surface area contributed by atoms with Crippen LogP contribution in [0.3, 0.4) is 0 Å². The van der Waals surface area contributed by atoms with Gasteiger partial charge in [-0.3, -0.25) is 4.57 Å². The smallest absolute Gasteiger partial charge is 0.150 e. The number of aromatic hydroxyl groups is 1. The van der Waals surface area contributed by atoms with Crippen molar-refractivity contribution in [3.8, 4) is 34.3 Å². The minimum Gasteiger partial charge on any atom is -0.505 e. The Morgan fingerprint density at radius 3 is 2.42 bits per heavy atom. The number of nitrogens with zero attached hydrogens (tertiary/aromatic N) is 2. The van der Waals surface area contributed by atoms with Crippen molar-refractivity contribution in [3.05, 3.63) is 48.2 Å². The van der Waals surface area contributed by atoms with Crippen LogP contribution in [0.4, 0.5) is 5.82 Å². The Labute approximate surface area is 180 Å². The first-order valence-electron chi connectivity index (χ1n) is 10.2. The van der Waals surface area contributed by atoms with E-state index < -0.39 is 0 Å². The third-order valence-corrected chi connectivity index (χ3v) is 5.37. The van der Waals surface area contributed by atoms with Crippen molar-refractivity contribution in [2.24, 2.45) is 5.73 Å². The number of methoxy groups -OCH3 is 2. The van der Waals surface area contributed by atoms with Crippen molar-refractivity contribution >= 4 is 16.9 Å². The summed E-state index contributed by atoms with van der Waals surface area (Å²) in [4.78, 5) is 7.90. The molecule has 0 fully saturated rings. The molecule has 2 heterocycles. The second kappa shape index (κ2) is 8.61. The summed E-state index contributed by atoms with van der Waals surface area (Å²) >= 11 is 0. The molecule has 0 unspecified atom stereocenters. The number of hydrogen-bond donors (Lipinski definition) is 4. The van der Waals surface area contributed by atoms with E-state index in [1.807, 2.05) is 41.0 Å². The number of rotatable bonds is 8. The molecule has 8 heteroatoms. The second-order valence-corrected chi connectivity index (χ2v) is 7.31. The second-order valence-electron chi connectivity index (χ2n) is 7.31. The Morgan fingerprint density at radius 2 is 1.77 bits per heavy atom. The number of nitrogens with two attached hydrogens (primary N) is 2. The fraction of sp³-hybridized carbons (Fsp3) is 0.261. The first kappa shape index (κ1) is 20.6. The molecule has 0 saturated heterocycles. The van der Waals surface area contributed by atoms with E-state index in [1.165, 1.54) is 0 Å². The Bertz CT molecular complexity index is 1160. The predicted octanol–water partition coefficient (Wildman–Crippen LogP) is 3.61. The van der Waals surface area contributed by atoms with Crippen molar-refractivity contribution in [2.45, 2.75) is 19.3 Å². The van der Waals surface area contributed by atoms with Crippen LogP contribution < -0.4 is 20.9 Å². The fourth-order valence-electron chi connectivity index (χ4n) is 3.82. The largest absolute Gasteiger partial charge is 0.505 e. The maximum absolute atomic E-state index is 11.2. The molecule has 0 bridgehead atoms. The number of imidazole rings is 1. The van der Waals surface area contributed by atoms with Crippen LogP contribution in [0.1, 0.15) is 18.5 Å². The number of H-pyrrole nitrogens is 1. The first-order chi connectivity index (χ1) is 15.1. The first-order valence-corrected chi connectivity index (χ1v) is 10.2. The number of nitrogens with one attached hydrogen (secondary N) is 1. The molecule has 8 nitrogen and oxygen atoms in total. The summed E-state index contributed by atoms with van der Waals surface area (Å²) in [6, 6.07) is 13.2. The van der Waals surface area contributed by atoms with Gasteiger partial charge in [0.1, 0.15) is 34.5 Å². The molecule has 0 aliphatic heterocycles. The van der Waals surface area contributed by atoms with Gasteiger partial charge in [-0.25, -0.2) is 4.98 Å². The summed E-state index contributed by atoms with van der Waals surface area (Å²) < 4.78 is 12.7. The molecule has 6 N–H and O–H groups in total. The molecule has 2 aromatic heterocycles. The van der Waals surface area contributed by atoms with E-state index in [-0.39, 0.29) is 5.75 Å². The van der Waals surface area contributed by atoms with Gasteiger partial charge in [0.25, 0.3) is 0 Å². The standard InChI is InChI=1S/C23H27N5O3/c1-30-15-11-14(12-16(13-15)31-2)28-19(9-5-6-10-24)21(29)20(22(28)25)23-26-17-7-3-4-8-18(17)27-23/h3-4,7-8,11-13,29H,5-6,9-10,24-25H2,1-2H3,(H,26,27). The van der Waals surface area contributed by atoms with Crippen LogP contribution >= 0.6 is 0 Å². The van der Waals surface area contributed by atoms with Crippen LogP contribution in [-0.2, 0) is 6.42 Å². The minimum absolute atomic E-state index is 0.107. The van der Waals surface area contributed by atoms with Gasteiger partial charge in [0.05, 0.1) is 36.6 Å². The number of para-hydroxylation sites is 2. The molecule has 0 aliphatic carbocycles. The van der Waals surface area contributed by atoms with Crippen molar-refractivity contribution in [2.75, 3.05) is 26.5 Å². The molecule has 0 radical (unpaired) electrons. The molecule has 0 atom stereocenters. The van der Waals surface area contributed by atoms with Crippen molar-refractivity contribution in [3.63, 3.8) is 0 Å². The van der Waals surface area contributed by atoms with E-state index in [2.05, 4.69) is 9.97 Å². The molecular weight excluding hydrogens is 394 g/mol. The number of fused-ring (bicyclic) bond motifs is 1. The lowest BCUT2D eigenvalue weighted by molar-refractivity contribution is 0.394. The number of aromatic nitrogens is 3. The van der Waals surface area contributed by atoms with Gasteiger partial charge in [-0.15, -0.1) is 0 Å². The Morgan fingerprint density at radius 1 is 1.06 bits per heavy atom. The van der Waals surface area contributed by atoms with Crippen molar-refractivity contribution < 1.29 is 14.6 Å². The SMILES string of the molecule is COc1cc(OC)cc(-n2c(N)c(-c3nc4ccccc4[nH]3)c(O)c2CCCCN)c1. The lowest BCUT2D eigenvalue weighted by atomic mass is 10.1. The average Bonchev–Trinajstić information content (AvgIpc) is 3.31. The lowest BCUT2D eigenvalue weighted by Crippen LogP contribution is -2.07. The number of aromatic amines is 1. The summed E-state index contributed by atoms with van der Waals surface area (Å²) in [5, 5.41) is 11.2. The summed E-state index contributed by atoms with van der Waals surface area (Å²) in [5.74, 6) is 2.26. The summed E-state index contributed by atoms with van der Waals surface area (Å²) in [6.45, 7) is 0.584. The Balaban J connectivity index is 1.92. The zero-order chi connectivity index (χ0) is 22.0. The van der Waals surface area contributed by atoms with Crippen molar-refractivity contribution in [1.29, 1.82) is 0 Å². The van der Waals surface area contributed by atoms with E-state index in [4.69, 9.17) is 20.9 Å². The van der Waals surface area contributed by atoms with Gasteiger partial charge in [0, 0.05) is 18.2 Å². The maximum atomic E-state index is 11.2. The quantitative estimate of drug-likeness (QED) is 0.322. The van der Waals surface area contributed by atoms with E-state index in [9.17, 15) is 5.11 Å². The highest BCUT2D eigenvalue weighted by Gasteiger charge is 2.25. The van der Waals surface area contributed by atoms with Gasteiger partial charge < -0.3 is 31.0 Å². The maximum Gasteiger partial charge on any atom is 0.150 e. The van der Waals surface area contributed by atoms with E-state index in [0.29, 0.717) is 47.4 Å². The minimum atomic E-state index is 0.107. The molecule has 0 saturated carbocycles. The number of unbranched alkanes of at least 4 members (excludes halogenated alkanes) is 1. The number of nitrogen functional groups attached to an aromatic ring is 1. The van der Waals surface area contributed by atoms with Gasteiger partial charge in [-0.1, -0.05) is 12.1 Å². The fourth-order valence-corrected chi connectivity index (χ4v) is 3.82. The predicted molar refractivity (Wildman–Crippen MR) is 122 cm³/mol. The lowest BCUT2D eigenvalue weighted by Gasteiger charge is -2.14. The molecule has 31 heavy (non-hydrogen) atoms. The van der Waals surface area contributed by atoms with Crippen LogP contribution in [0.5, 0.6) is 17.2 Å². The Hall–Kier alpha value is -3.65. The van der Waals surface area contributed by atoms with Crippen LogP contribution in [0.15, 0.2) is 42.5 Å². The summed E-state index contributed by atoms with van der Waals surface area (Å²) in [5.41, 5.74) is 15.9. The average molecular weight is 422 g/mol. The highest BCUT2D eigenvalue weighted by molar-refractivity contribution is 5.86. The monoisotopic (exact) mass is 421 g/mol. The molecule has 162 valence electrons. The molecule has 0 amide bonds. The van der Waals surface area contributed by atoms with Gasteiger partial charge in [-0.05, 0) is 37.9 Å². The number of anilines is 1. The topological polar surface area (TPSA) is 124 Å². The zero-order valence-electron chi connectivity index (χ0n) is 17.7. The molecule has 0 aliphatic rings. The number of ether oxygens (including phenoxy) is 2. The third kappa shape index (κ3) is 3.77. The summed E-state index contributed by atoms with van der Waals surface area (Å²) in [7, 11) is 3.19. The van der Waals surface area contributed by atoms with Crippen LogP contribution in [-0.4, -0.2) is 40.4 Å². The molecule has 4 aromatic rings. The normalized spacial score (nSPS) is 11.2. The molecule has 4 rings (SSSR count). The highest BCUT2D eigenvalue weighted by Crippen LogP contribution is 2.43. The highest BCUT2D eigenvalue weighted by atomic mass is 16.5. The van der Waals surface area contributed by atoms with Crippen molar-refractivity contribution in [1.82, 2.24) is 14.5 Å². The molecular formula is C23H27N5O3. The number of hydrogen-bond acceptors (Lipinski definition) is 6. The van der Waals surface area contributed by atoms with Gasteiger partial charge in [-0.2, -0.15) is 0 Å². The van der Waals surface area contributed by atoms with E-state index in [1.54, 1.807) is 20.3 Å². The van der Waals surface area contributed by atoms with Crippen LogP contribution in [0.25, 0.3) is 28.1 Å². The van der Waals surface area contributed by atoms with Crippen LogP contribution in [0.2, 0.25) is 0 Å². The van der Waals surface area contributed by atoms with E-state index in [0.717, 1.165) is 29.6 Å². The van der Waals surface area contributed by atoms with Gasteiger partial charge >= 0.3 is 0 Å². The third-order valence-electron chi connectivity index (χ3n) is 5.37. The van der Waals surface area contributed by atoms with Gasteiger partial charge in [0.15, 0.2) is 0 Å². The molecule has 2 aromatic carbocycles. The Kier molecular flexibility index (Phi) is 5.73. The number of benzene rings is 2. The zero-order valence-corrected chi connectivity index (χ0v) is 17.7. The van der Waals surface area contributed by atoms with Gasteiger partial charge in [0.2, 0.25) is 0 Å². The molecule has 0 spiro atoms. The van der Waals surface area contributed by atoms with Crippen LogP contribution in [0, 0.1) is 0 Å². The van der Waals surface area contributed by atoms with E-state index >= 15 is 0 Å².